The van der Waals surface area contributed by atoms with Gasteiger partial charge in [0.25, 0.3) is 0 Å². The van der Waals surface area contributed by atoms with E-state index in [1.807, 2.05) is 18.2 Å². The molecule has 1 heterocycles. The van der Waals surface area contributed by atoms with Gasteiger partial charge in [0.1, 0.15) is 0 Å². The van der Waals surface area contributed by atoms with Crippen molar-refractivity contribution in [3.05, 3.63) is 34.9 Å². The van der Waals surface area contributed by atoms with E-state index in [4.69, 9.17) is 10.9 Å². The lowest BCUT2D eigenvalue weighted by atomic mass is 10.0. The number of aromatic nitrogens is 1. The van der Waals surface area contributed by atoms with Crippen LogP contribution in [0.15, 0.2) is 40.1 Å². The van der Waals surface area contributed by atoms with E-state index in [1.54, 1.807) is 19.2 Å². The number of benzene rings is 1. The lowest BCUT2D eigenvalue weighted by Gasteiger charge is -2.14. The van der Waals surface area contributed by atoms with E-state index in [9.17, 15) is 4.79 Å². The molecule has 0 aliphatic rings. The van der Waals surface area contributed by atoms with E-state index >= 15 is 0 Å². The molecule has 4 N–H and O–H groups in total. The smallest absolute Gasteiger partial charge is 0.235 e. The van der Waals surface area contributed by atoms with Crippen LogP contribution in [0.25, 0.3) is 10.9 Å². The number of carbonyl (C=O) groups is 1. The van der Waals surface area contributed by atoms with Crippen molar-refractivity contribution in [1.82, 2.24) is 4.98 Å². The van der Waals surface area contributed by atoms with E-state index in [1.165, 1.54) is 0 Å². The number of para-hydroxylation sites is 1. The van der Waals surface area contributed by atoms with E-state index < -0.39 is 5.92 Å². The topological polar surface area (TPSA) is 101 Å². The van der Waals surface area contributed by atoms with E-state index in [0.717, 1.165) is 9.86 Å². The summed E-state index contributed by atoms with van der Waals surface area (Å²) in [7, 11) is 0. The van der Waals surface area contributed by atoms with Crippen molar-refractivity contribution in [3.8, 4) is 0 Å². The van der Waals surface area contributed by atoms with E-state index in [2.05, 4.69) is 31.4 Å². The zero-order valence-corrected chi connectivity index (χ0v) is 13.0. The Hall–Kier alpha value is -2.15. The van der Waals surface area contributed by atoms with Gasteiger partial charge < -0.3 is 16.3 Å². The quantitative estimate of drug-likeness (QED) is 0.341. The number of amides is 1. The number of hydrogen-bond donors (Lipinski definition) is 3. The minimum absolute atomic E-state index is 0.106. The molecular formula is C14H15BrN4O2. The van der Waals surface area contributed by atoms with Crippen molar-refractivity contribution in [1.29, 1.82) is 0 Å². The van der Waals surface area contributed by atoms with Gasteiger partial charge in [-0.15, -0.1) is 0 Å². The van der Waals surface area contributed by atoms with E-state index in [-0.39, 0.29) is 11.7 Å². The highest BCUT2D eigenvalue weighted by molar-refractivity contribution is 9.10. The van der Waals surface area contributed by atoms with Gasteiger partial charge >= 0.3 is 0 Å². The number of amidine groups is 1. The predicted molar refractivity (Wildman–Crippen MR) is 85.3 cm³/mol. The first kappa shape index (κ1) is 15.2. The molecular weight excluding hydrogens is 336 g/mol. The van der Waals surface area contributed by atoms with Gasteiger partial charge in [-0.1, -0.05) is 24.2 Å². The average molecular weight is 351 g/mol. The first-order valence-electron chi connectivity index (χ1n) is 6.39. The summed E-state index contributed by atoms with van der Waals surface area (Å²) in [6, 6.07) is 7.42. The maximum Gasteiger partial charge on any atom is 0.235 e. The van der Waals surface area contributed by atoms with Gasteiger partial charge in [-0.05, 0) is 34.5 Å². The first-order chi connectivity index (χ1) is 10.1. The molecule has 0 spiro atoms. The summed E-state index contributed by atoms with van der Waals surface area (Å²) < 4.78 is 0.863. The Kier molecular flexibility index (Phi) is 4.74. The number of carbonyl (C=O) groups excluding carboxylic acids is 1. The van der Waals surface area contributed by atoms with Crippen molar-refractivity contribution in [2.75, 3.05) is 5.32 Å². The molecule has 0 radical (unpaired) electrons. The zero-order chi connectivity index (χ0) is 15.4. The Bertz CT molecular complexity index is 702. The number of hydrogen-bond acceptors (Lipinski definition) is 4. The third-order valence-electron chi connectivity index (χ3n) is 3.13. The minimum Gasteiger partial charge on any atom is -0.409 e. The van der Waals surface area contributed by atoms with Crippen molar-refractivity contribution < 1.29 is 10.0 Å². The highest BCUT2D eigenvalue weighted by Gasteiger charge is 2.21. The molecule has 1 atom stereocenters. The molecule has 21 heavy (non-hydrogen) atoms. The van der Waals surface area contributed by atoms with Gasteiger partial charge in [-0.3, -0.25) is 9.78 Å². The van der Waals surface area contributed by atoms with Crippen LogP contribution in [0.3, 0.4) is 0 Å². The monoisotopic (exact) mass is 350 g/mol. The number of oxime groups is 1. The molecule has 1 amide bonds. The Morgan fingerprint density at radius 2 is 2.33 bits per heavy atom. The largest absolute Gasteiger partial charge is 0.409 e. The molecule has 1 aromatic carbocycles. The summed E-state index contributed by atoms with van der Waals surface area (Å²) in [5.41, 5.74) is 6.81. The van der Waals surface area contributed by atoms with Crippen LogP contribution in [0.5, 0.6) is 0 Å². The van der Waals surface area contributed by atoms with Crippen LogP contribution in [-0.2, 0) is 4.79 Å². The lowest BCUT2D eigenvalue weighted by molar-refractivity contribution is -0.118. The van der Waals surface area contributed by atoms with Crippen LogP contribution in [0.2, 0.25) is 0 Å². The number of fused-ring (bicyclic) bond motifs is 1. The molecule has 2 rings (SSSR count). The SMILES string of the molecule is CCC(C(=O)Nc1cccc2cc(Br)cnc12)/C(N)=N/O. The second-order valence-corrected chi connectivity index (χ2v) is 5.42. The van der Waals surface area contributed by atoms with Crippen molar-refractivity contribution in [2.24, 2.45) is 16.8 Å². The molecule has 0 bridgehead atoms. The van der Waals surface area contributed by atoms with Crippen molar-refractivity contribution in [2.45, 2.75) is 13.3 Å². The molecule has 2 aromatic rings. The number of nitrogens with zero attached hydrogens (tertiary/aromatic N) is 2. The number of rotatable bonds is 4. The van der Waals surface area contributed by atoms with Gasteiger partial charge in [0, 0.05) is 16.1 Å². The van der Waals surface area contributed by atoms with Crippen LogP contribution < -0.4 is 11.1 Å². The number of anilines is 1. The van der Waals surface area contributed by atoms with Crippen LogP contribution in [-0.4, -0.2) is 21.9 Å². The second kappa shape index (κ2) is 6.53. The number of halogens is 1. The summed E-state index contributed by atoms with van der Waals surface area (Å²) in [4.78, 5) is 16.5. The molecule has 7 heteroatoms. The molecule has 0 saturated carbocycles. The van der Waals surface area contributed by atoms with Gasteiger partial charge in [-0.25, -0.2) is 0 Å². The predicted octanol–water partition coefficient (Wildman–Crippen LogP) is 2.71. The fourth-order valence-corrected chi connectivity index (χ4v) is 2.40. The molecule has 1 aromatic heterocycles. The zero-order valence-electron chi connectivity index (χ0n) is 11.4. The standard InChI is InChI=1S/C14H15BrN4O2/c1-2-10(13(16)19-21)14(20)18-11-5-3-4-8-6-9(15)7-17-12(8)11/h3-7,10,21H,2H2,1H3,(H2,16,19)(H,18,20). The molecule has 1 unspecified atom stereocenters. The first-order valence-corrected chi connectivity index (χ1v) is 7.18. The second-order valence-electron chi connectivity index (χ2n) is 4.51. The Labute approximate surface area is 130 Å². The number of nitrogens with two attached hydrogens (primary N) is 1. The third-order valence-corrected chi connectivity index (χ3v) is 3.57. The van der Waals surface area contributed by atoms with Gasteiger partial charge in [0.15, 0.2) is 5.84 Å². The van der Waals surface area contributed by atoms with Crippen molar-refractivity contribution in [3.63, 3.8) is 0 Å². The maximum absolute atomic E-state index is 12.2. The normalized spacial score (nSPS) is 13.1. The maximum atomic E-state index is 12.2. The molecule has 0 aliphatic carbocycles. The van der Waals surface area contributed by atoms with Crippen LogP contribution in [0, 0.1) is 5.92 Å². The summed E-state index contributed by atoms with van der Waals surface area (Å²) in [5, 5.41) is 15.3. The molecule has 0 fully saturated rings. The van der Waals surface area contributed by atoms with Crippen LogP contribution in [0.1, 0.15) is 13.3 Å². The van der Waals surface area contributed by atoms with Crippen LogP contribution in [0.4, 0.5) is 5.69 Å². The van der Waals surface area contributed by atoms with Gasteiger partial charge in [0.2, 0.25) is 5.91 Å². The van der Waals surface area contributed by atoms with Crippen molar-refractivity contribution >= 4 is 44.3 Å². The summed E-state index contributed by atoms with van der Waals surface area (Å²) in [5.74, 6) is -1.11. The Balaban J connectivity index is 2.33. The minimum atomic E-state index is -0.680. The molecule has 0 saturated heterocycles. The summed E-state index contributed by atoms with van der Waals surface area (Å²) in [6.07, 6.45) is 2.10. The van der Waals surface area contributed by atoms with Gasteiger partial charge in [0.05, 0.1) is 17.1 Å². The summed E-state index contributed by atoms with van der Waals surface area (Å²) in [6.45, 7) is 1.79. The van der Waals surface area contributed by atoms with Crippen LogP contribution >= 0.6 is 15.9 Å². The van der Waals surface area contributed by atoms with Gasteiger partial charge in [-0.2, -0.15) is 0 Å². The molecule has 110 valence electrons. The average Bonchev–Trinajstić information content (AvgIpc) is 2.47. The highest BCUT2D eigenvalue weighted by atomic mass is 79.9. The number of nitrogens with one attached hydrogen (secondary N) is 1. The Morgan fingerprint density at radius 1 is 1.57 bits per heavy atom. The highest BCUT2D eigenvalue weighted by Crippen LogP contribution is 2.24. The number of pyridine rings is 1. The van der Waals surface area contributed by atoms with E-state index in [0.29, 0.717) is 17.6 Å². The fraction of sp³-hybridized carbons (Fsp3) is 0.214. The summed E-state index contributed by atoms with van der Waals surface area (Å²) >= 11 is 3.36. The lowest BCUT2D eigenvalue weighted by Crippen LogP contribution is -2.34. The Morgan fingerprint density at radius 3 is 3.00 bits per heavy atom. The molecule has 0 aliphatic heterocycles. The molecule has 6 nitrogen and oxygen atoms in total. The third kappa shape index (κ3) is 3.30. The fourth-order valence-electron chi connectivity index (χ4n) is 2.05.